The molecule has 55 valence electrons. The van der Waals surface area contributed by atoms with Crippen molar-refractivity contribution in [3.05, 3.63) is 6.42 Å². The van der Waals surface area contributed by atoms with E-state index < -0.39 is 0 Å². The molecule has 0 aliphatic heterocycles. The lowest BCUT2D eigenvalue weighted by Crippen LogP contribution is -2.17. The maximum absolute atomic E-state index is 9.13. The van der Waals surface area contributed by atoms with E-state index in [1.54, 1.807) is 0 Å². The Bertz CT molecular complexity index is 126. The van der Waals surface area contributed by atoms with E-state index in [1.165, 1.54) is 0 Å². The van der Waals surface area contributed by atoms with Gasteiger partial charge in [0.15, 0.2) is 0 Å². The fourth-order valence-corrected chi connectivity index (χ4v) is 1.49. The van der Waals surface area contributed by atoms with Crippen molar-refractivity contribution in [1.29, 1.82) is 0 Å². The quantitative estimate of drug-likeness (QED) is 0.543. The zero-order valence-electron chi connectivity index (χ0n) is 6.14. The number of aliphatic hydroxyl groups excluding tert-OH is 1. The van der Waals surface area contributed by atoms with E-state index in [2.05, 4.69) is 5.92 Å². The summed E-state index contributed by atoms with van der Waals surface area (Å²) in [6, 6.07) is 0. The molecule has 1 aliphatic carbocycles. The maximum atomic E-state index is 9.13. The highest BCUT2D eigenvalue weighted by Gasteiger charge is 2.17. The average molecular weight is 137 g/mol. The molecule has 1 heteroatoms. The summed E-state index contributed by atoms with van der Waals surface area (Å²) >= 11 is 0. The second-order valence-electron chi connectivity index (χ2n) is 3.06. The van der Waals surface area contributed by atoms with Crippen molar-refractivity contribution in [3.63, 3.8) is 0 Å². The molecule has 0 aromatic carbocycles. The Labute approximate surface area is 62.4 Å². The molecule has 1 N–H and O–H groups in total. The Morgan fingerprint density at radius 1 is 1.30 bits per heavy atom. The summed E-state index contributed by atoms with van der Waals surface area (Å²) in [4.78, 5) is 0. The van der Waals surface area contributed by atoms with Crippen LogP contribution in [0.15, 0.2) is 0 Å². The molecule has 0 atom stereocenters. The van der Waals surface area contributed by atoms with Crippen LogP contribution in [0.3, 0.4) is 0 Å². The highest BCUT2D eigenvalue weighted by Crippen LogP contribution is 2.25. The molecule has 0 aromatic heterocycles. The van der Waals surface area contributed by atoms with Gasteiger partial charge in [-0.25, -0.2) is 0 Å². The van der Waals surface area contributed by atoms with Gasteiger partial charge in [0.2, 0.25) is 0 Å². The van der Waals surface area contributed by atoms with E-state index >= 15 is 0 Å². The van der Waals surface area contributed by atoms with Crippen LogP contribution in [0.4, 0.5) is 0 Å². The topological polar surface area (TPSA) is 20.2 Å². The Morgan fingerprint density at radius 2 is 1.90 bits per heavy atom. The Kier molecular flexibility index (Phi) is 2.77. The van der Waals surface area contributed by atoms with E-state index in [-0.39, 0.29) is 6.10 Å². The van der Waals surface area contributed by atoms with Gasteiger partial charge in [0.05, 0.1) is 6.10 Å². The highest BCUT2D eigenvalue weighted by molar-refractivity contribution is 4.83. The van der Waals surface area contributed by atoms with Crippen LogP contribution in [0.25, 0.3) is 0 Å². The van der Waals surface area contributed by atoms with Gasteiger partial charge >= 0.3 is 0 Å². The second-order valence-corrected chi connectivity index (χ2v) is 3.06. The molecule has 1 saturated carbocycles. The van der Waals surface area contributed by atoms with Crippen LogP contribution >= 0.6 is 0 Å². The van der Waals surface area contributed by atoms with Crippen LogP contribution in [-0.4, -0.2) is 11.2 Å². The maximum Gasteiger partial charge on any atom is 0.0540 e. The van der Waals surface area contributed by atoms with Gasteiger partial charge < -0.3 is 5.11 Å². The summed E-state index contributed by atoms with van der Waals surface area (Å²) in [5.74, 6) is 3.05. The molecular formula is C9H13O. The third kappa shape index (κ3) is 2.04. The van der Waals surface area contributed by atoms with E-state index in [0.29, 0.717) is 5.92 Å². The van der Waals surface area contributed by atoms with Crippen LogP contribution in [0.1, 0.15) is 32.1 Å². The van der Waals surface area contributed by atoms with Gasteiger partial charge in [0, 0.05) is 6.42 Å². The van der Waals surface area contributed by atoms with Gasteiger partial charge in [-0.05, 0) is 38.0 Å². The fourth-order valence-electron chi connectivity index (χ4n) is 1.49. The molecule has 0 amide bonds. The van der Waals surface area contributed by atoms with E-state index in [0.717, 1.165) is 32.1 Å². The zero-order chi connectivity index (χ0) is 7.40. The minimum absolute atomic E-state index is 0.0676. The van der Waals surface area contributed by atoms with Crippen molar-refractivity contribution in [1.82, 2.24) is 0 Å². The number of rotatable bonds is 1. The second kappa shape index (κ2) is 3.63. The van der Waals surface area contributed by atoms with Crippen molar-refractivity contribution in [2.75, 3.05) is 0 Å². The third-order valence-corrected chi connectivity index (χ3v) is 2.21. The lowest BCUT2D eigenvalue weighted by atomic mass is 9.86. The number of aliphatic hydroxyl groups is 1. The Morgan fingerprint density at radius 3 is 2.40 bits per heavy atom. The minimum atomic E-state index is -0.0676. The van der Waals surface area contributed by atoms with Gasteiger partial charge in [0.25, 0.3) is 0 Å². The van der Waals surface area contributed by atoms with Crippen molar-refractivity contribution < 1.29 is 5.11 Å². The predicted octanol–water partition coefficient (Wildman–Crippen LogP) is 1.52. The van der Waals surface area contributed by atoms with Crippen LogP contribution in [0.5, 0.6) is 0 Å². The largest absolute Gasteiger partial charge is 0.393 e. The van der Waals surface area contributed by atoms with Crippen LogP contribution < -0.4 is 0 Å². The zero-order valence-corrected chi connectivity index (χ0v) is 6.14. The van der Waals surface area contributed by atoms with E-state index in [4.69, 9.17) is 11.5 Å². The molecule has 1 fully saturated rings. The van der Waals surface area contributed by atoms with E-state index in [1.807, 2.05) is 0 Å². The first kappa shape index (κ1) is 7.63. The predicted molar refractivity (Wildman–Crippen MR) is 39.7 cm³/mol. The first-order valence-corrected chi connectivity index (χ1v) is 3.90. The van der Waals surface area contributed by atoms with E-state index in [9.17, 15) is 0 Å². The fraction of sp³-hybridized carbons (Fsp3) is 0.778. The van der Waals surface area contributed by atoms with Crippen molar-refractivity contribution in [3.8, 4) is 5.92 Å². The highest BCUT2D eigenvalue weighted by atomic mass is 16.3. The average Bonchev–Trinajstić information content (AvgIpc) is 1.95. The van der Waals surface area contributed by atoms with Crippen LogP contribution in [-0.2, 0) is 0 Å². The molecule has 1 nitrogen and oxygen atoms in total. The molecule has 1 aliphatic rings. The Balaban J connectivity index is 2.21. The van der Waals surface area contributed by atoms with Gasteiger partial charge in [-0.15, -0.1) is 0 Å². The number of hydrogen-bond acceptors (Lipinski definition) is 1. The van der Waals surface area contributed by atoms with Gasteiger partial charge in [-0.2, -0.15) is 0 Å². The monoisotopic (exact) mass is 137 g/mol. The molecule has 0 spiro atoms. The molecule has 1 radical (unpaired) electrons. The van der Waals surface area contributed by atoms with Gasteiger partial charge in [0.1, 0.15) is 0 Å². The molecule has 0 unspecified atom stereocenters. The lowest BCUT2D eigenvalue weighted by molar-refractivity contribution is 0.110. The summed E-state index contributed by atoms with van der Waals surface area (Å²) in [7, 11) is 0. The summed E-state index contributed by atoms with van der Waals surface area (Å²) in [5.41, 5.74) is 0. The molecule has 0 aromatic rings. The Hall–Kier alpha value is -0.480. The standard InChI is InChI=1S/C9H13O/c1-2-3-8-4-6-9(10)7-5-8/h8-10H,3-7H2. The van der Waals surface area contributed by atoms with Crippen molar-refractivity contribution >= 4 is 0 Å². The third-order valence-electron chi connectivity index (χ3n) is 2.21. The number of hydrogen-bond donors (Lipinski definition) is 1. The van der Waals surface area contributed by atoms with Crippen LogP contribution in [0.2, 0.25) is 0 Å². The molecule has 0 heterocycles. The first-order valence-electron chi connectivity index (χ1n) is 3.90. The first-order chi connectivity index (χ1) is 4.83. The summed E-state index contributed by atoms with van der Waals surface area (Å²) in [6.07, 6.45) is 11.5. The van der Waals surface area contributed by atoms with Gasteiger partial charge in [-0.3, -0.25) is 0 Å². The molecule has 0 saturated heterocycles. The van der Waals surface area contributed by atoms with Crippen molar-refractivity contribution in [2.45, 2.75) is 38.2 Å². The normalized spacial score (nSPS) is 33.2. The molecule has 10 heavy (non-hydrogen) atoms. The summed E-state index contributed by atoms with van der Waals surface area (Å²) in [6.45, 7) is 0. The lowest BCUT2D eigenvalue weighted by Gasteiger charge is -2.23. The van der Waals surface area contributed by atoms with Gasteiger partial charge in [-0.1, -0.05) is 5.92 Å². The molecular weight excluding hydrogens is 124 g/mol. The minimum Gasteiger partial charge on any atom is -0.393 e. The molecule has 0 bridgehead atoms. The van der Waals surface area contributed by atoms with Crippen LogP contribution in [0, 0.1) is 18.3 Å². The molecule has 1 rings (SSSR count). The summed E-state index contributed by atoms with van der Waals surface area (Å²) < 4.78 is 0. The SMILES string of the molecule is [C]#CCC1CCC(O)CC1. The van der Waals surface area contributed by atoms with Crippen molar-refractivity contribution in [2.24, 2.45) is 5.92 Å². The smallest absolute Gasteiger partial charge is 0.0540 e. The summed E-state index contributed by atoms with van der Waals surface area (Å²) in [5, 5.41) is 9.13.